The minimum absolute atomic E-state index is 0.175. The van der Waals surface area contributed by atoms with E-state index in [9.17, 15) is 23.5 Å². The SMILES string of the molecule is CCCN1CC(C(c2ccc(F)cc2)c2ccc(F)cc2)n2ncc(=O)c(O)c2C1=O. The summed E-state index contributed by atoms with van der Waals surface area (Å²) in [7, 11) is 0. The predicted molar refractivity (Wildman–Crippen MR) is 110 cm³/mol. The number of carbonyl (C=O) groups excluding carboxylic acids is 1. The zero-order valence-corrected chi connectivity index (χ0v) is 16.8. The molecule has 1 amide bonds. The van der Waals surface area contributed by atoms with Gasteiger partial charge in [-0.1, -0.05) is 31.2 Å². The number of fused-ring (bicyclic) bond motifs is 1. The second-order valence-electron chi connectivity index (χ2n) is 7.55. The molecule has 2 aromatic carbocycles. The molecule has 2 heterocycles. The third kappa shape index (κ3) is 3.81. The molecular formula is C23H21F2N3O3. The van der Waals surface area contributed by atoms with Crippen LogP contribution in [0.1, 0.15) is 46.9 Å². The maximum atomic E-state index is 13.6. The van der Waals surface area contributed by atoms with Gasteiger partial charge in [0.1, 0.15) is 11.6 Å². The summed E-state index contributed by atoms with van der Waals surface area (Å²) in [5.41, 5.74) is 0.549. The number of carbonyl (C=O) groups is 1. The molecule has 1 unspecified atom stereocenters. The van der Waals surface area contributed by atoms with Gasteiger partial charge in [0.05, 0.1) is 12.2 Å². The molecule has 0 saturated carbocycles. The molecular weight excluding hydrogens is 404 g/mol. The minimum atomic E-state index is -0.739. The van der Waals surface area contributed by atoms with Crippen LogP contribution in [-0.2, 0) is 0 Å². The van der Waals surface area contributed by atoms with E-state index in [4.69, 9.17) is 0 Å². The number of amides is 1. The topological polar surface area (TPSA) is 75.4 Å². The first-order valence-electron chi connectivity index (χ1n) is 10.0. The lowest BCUT2D eigenvalue weighted by Crippen LogP contribution is -2.47. The highest BCUT2D eigenvalue weighted by molar-refractivity contribution is 5.95. The standard InChI is InChI=1S/C23H21F2N3O3/c1-2-11-27-13-18(28-21(23(27)31)22(30)19(29)12-26-28)20(14-3-7-16(24)8-4-14)15-5-9-17(25)10-6-15/h3-10,12,18,20,30H,2,11,13H2,1H3. The van der Waals surface area contributed by atoms with Crippen LogP contribution in [0.5, 0.6) is 5.75 Å². The molecule has 0 spiro atoms. The van der Waals surface area contributed by atoms with E-state index in [0.29, 0.717) is 13.0 Å². The van der Waals surface area contributed by atoms with Crippen LogP contribution < -0.4 is 5.43 Å². The van der Waals surface area contributed by atoms with Crippen molar-refractivity contribution in [1.82, 2.24) is 14.7 Å². The average molecular weight is 425 g/mol. The molecule has 3 aromatic rings. The molecule has 31 heavy (non-hydrogen) atoms. The Morgan fingerprint density at radius 3 is 2.10 bits per heavy atom. The zero-order chi connectivity index (χ0) is 22.1. The molecule has 0 fully saturated rings. The Morgan fingerprint density at radius 1 is 1.03 bits per heavy atom. The van der Waals surface area contributed by atoms with Gasteiger partial charge in [0.15, 0.2) is 11.4 Å². The summed E-state index contributed by atoms with van der Waals surface area (Å²) in [6.07, 6.45) is 1.66. The maximum absolute atomic E-state index is 13.6. The Bertz CT molecular complexity index is 1110. The Hall–Kier alpha value is -3.55. The van der Waals surface area contributed by atoms with Crippen molar-refractivity contribution in [2.75, 3.05) is 13.1 Å². The Balaban J connectivity index is 1.93. The summed E-state index contributed by atoms with van der Waals surface area (Å²) in [6, 6.07) is 11.3. The number of hydrogen-bond acceptors (Lipinski definition) is 4. The van der Waals surface area contributed by atoms with Gasteiger partial charge in [-0.3, -0.25) is 14.3 Å². The van der Waals surface area contributed by atoms with Crippen LogP contribution in [0.25, 0.3) is 0 Å². The second-order valence-corrected chi connectivity index (χ2v) is 7.55. The van der Waals surface area contributed by atoms with Gasteiger partial charge in [-0.2, -0.15) is 5.10 Å². The highest BCUT2D eigenvalue weighted by Gasteiger charge is 2.39. The second kappa shape index (κ2) is 8.29. The van der Waals surface area contributed by atoms with Crippen LogP contribution in [0, 0.1) is 11.6 Å². The van der Waals surface area contributed by atoms with Crippen LogP contribution >= 0.6 is 0 Å². The number of aromatic hydroxyl groups is 1. The molecule has 0 bridgehead atoms. The fraction of sp³-hybridized carbons (Fsp3) is 0.261. The van der Waals surface area contributed by atoms with Crippen molar-refractivity contribution >= 4 is 5.91 Å². The molecule has 0 aliphatic carbocycles. The van der Waals surface area contributed by atoms with Crippen LogP contribution in [0.4, 0.5) is 8.78 Å². The van der Waals surface area contributed by atoms with Gasteiger partial charge in [0.2, 0.25) is 5.43 Å². The van der Waals surface area contributed by atoms with Crippen LogP contribution in [-0.4, -0.2) is 38.8 Å². The van der Waals surface area contributed by atoms with E-state index in [-0.39, 0.29) is 12.2 Å². The molecule has 0 radical (unpaired) electrons. The summed E-state index contributed by atoms with van der Waals surface area (Å²) in [4.78, 5) is 26.6. The van der Waals surface area contributed by atoms with Crippen molar-refractivity contribution in [1.29, 1.82) is 0 Å². The van der Waals surface area contributed by atoms with Crippen LogP contribution in [0.3, 0.4) is 0 Å². The molecule has 6 nitrogen and oxygen atoms in total. The lowest BCUT2D eigenvalue weighted by molar-refractivity contribution is 0.0634. The van der Waals surface area contributed by atoms with Crippen molar-refractivity contribution in [2.45, 2.75) is 25.3 Å². The van der Waals surface area contributed by atoms with Crippen LogP contribution in [0.2, 0.25) is 0 Å². The van der Waals surface area contributed by atoms with Gasteiger partial charge in [-0.25, -0.2) is 8.78 Å². The van der Waals surface area contributed by atoms with Gasteiger partial charge in [-0.05, 0) is 41.8 Å². The van der Waals surface area contributed by atoms with E-state index in [1.54, 1.807) is 29.2 Å². The third-order valence-corrected chi connectivity index (χ3v) is 5.53. The monoisotopic (exact) mass is 425 g/mol. The largest absolute Gasteiger partial charge is 0.502 e. The number of aromatic nitrogens is 2. The van der Waals surface area contributed by atoms with Crippen molar-refractivity contribution in [3.05, 3.63) is 93.4 Å². The summed E-state index contributed by atoms with van der Waals surface area (Å²) in [5.74, 6) is -2.36. The van der Waals surface area contributed by atoms with Crippen molar-refractivity contribution in [2.24, 2.45) is 0 Å². The molecule has 1 N–H and O–H groups in total. The van der Waals surface area contributed by atoms with Crippen molar-refractivity contribution < 1.29 is 18.7 Å². The van der Waals surface area contributed by atoms with Gasteiger partial charge >= 0.3 is 0 Å². The summed E-state index contributed by atoms with van der Waals surface area (Å²) < 4.78 is 28.6. The van der Waals surface area contributed by atoms with E-state index in [1.165, 1.54) is 28.9 Å². The average Bonchev–Trinajstić information content (AvgIpc) is 2.76. The van der Waals surface area contributed by atoms with Gasteiger partial charge < -0.3 is 10.0 Å². The van der Waals surface area contributed by atoms with Gasteiger partial charge in [0, 0.05) is 19.0 Å². The lowest BCUT2D eigenvalue weighted by Gasteiger charge is -2.39. The molecule has 4 rings (SSSR count). The summed E-state index contributed by atoms with van der Waals surface area (Å²) in [5, 5.41) is 14.6. The molecule has 8 heteroatoms. The normalized spacial score (nSPS) is 15.9. The van der Waals surface area contributed by atoms with Gasteiger partial charge in [0.25, 0.3) is 5.91 Å². The zero-order valence-electron chi connectivity index (χ0n) is 16.8. The quantitative estimate of drug-likeness (QED) is 0.679. The van der Waals surface area contributed by atoms with Crippen molar-refractivity contribution in [3.8, 4) is 5.75 Å². The molecule has 1 aliphatic heterocycles. The van der Waals surface area contributed by atoms with E-state index in [0.717, 1.165) is 17.3 Å². The first kappa shape index (κ1) is 20.7. The number of halogens is 2. The predicted octanol–water partition coefficient (Wildman–Crippen LogP) is 3.47. The fourth-order valence-corrected chi connectivity index (χ4v) is 4.13. The van der Waals surface area contributed by atoms with E-state index >= 15 is 0 Å². The maximum Gasteiger partial charge on any atom is 0.276 e. The summed E-state index contributed by atoms with van der Waals surface area (Å²) >= 11 is 0. The minimum Gasteiger partial charge on any atom is -0.502 e. The van der Waals surface area contributed by atoms with E-state index < -0.39 is 40.7 Å². The third-order valence-electron chi connectivity index (χ3n) is 5.53. The van der Waals surface area contributed by atoms with Crippen molar-refractivity contribution in [3.63, 3.8) is 0 Å². The smallest absolute Gasteiger partial charge is 0.276 e. The fourth-order valence-electron chi connectivity index (χ4n) is 4.13. The summed E-state index contributed by atoms with van der Waals surface area (Å²) in [6.45, 7) is 2.61. The number of rotatable bonds is 5. The first-order chi connectivity index (χ1) is 14.9. The molecule has 0 saturated heterocycles. The highest BCUT2D eigenvalue weighted by atomic mass is 19.1. The molecule has 1 atom stereocenters. The number of benzene rings is 2. The Morgan fingerprint density at radius 2 is 1.58 bits per heavy atom. The highest BCUT2D eigenvalue weighted by Crippen LogP contribution is 2.39. The first-order valence-corrected chi connectivity index (χ1v) is 10.0. The van der Waals surface area contributed by atoms with Gasteiger partial charge in [-0.15, -0.1) is 0 Å². The Kier molecular flexibility index (Phi) is 5.54. The molecule has 1 aliphatic rings. The molecule has 160 valence electrons. The Labute approximate surface area is 177 Å². The number of hydrogen-bond donors (Lipinski definition) is 1. The molecule has 1 aromatic heterocycles. The van der Waals surface area contributed by atoms with Crippen LogP contribution in [0.15, 0.2) is 59.5 Å². The van der Waals surface area contributed by atoms with E-state index in [1.807, 2.05) is 6.92 Å². The number of nitrogens with zero attached hydrogens (tertiary/aromatic N) is 3. The van der Waals surface area contributed by atoms with E-state index in [2.05, 4.69) is 5.10 Å². The lowest BCUT2D eigenvalue weighted by atomic mass is 9.83.